The predicted octanol–water partition coefficient (Wildman–Crippen LogP) is 2.99. The standard InChI is InChI=1S/C11H14N2O/c14-8-4-3-7-11-9-5-1-2-6-10(9)12-13-11/h1-2,5-6,11,14H,3-4,7-8H2. The lowest BCUT2D eigenvalue weighted by molar-refractivity contribution is 0.281. The highest BCUT2D eigenvalue weighted by Gasteiger charge is 2.18. The third kappa shape index (κ3) is 1.82. The predicted molar refractivity (Wildman–Crippen MR) is 54.6 cm³/mol. The normalized spacial score (nSPS) is 18.5. The Morgan fingerprint density at radius 3 is 2.93 bits per heavy atom. The molecule has 0 aromatic heterocycles. The maximum Gasteiger partial charge on any atom is 0.0983 e. The largest absolute Gasteiger partial charge is 0.396 e. The summed E-state index contributed by atoms with van der Waals surface area (Å²) in [5, 5.41) is 17.0. The summed E-state index contributed by atoms with van der Waals surface area (Å²) in [5.74, 6) is 0. The van der Waals surface area contributed by atoms with Gasteiger partial charge in [-0.1, -0.05) is 18.2 Å². The molecule has 1 aromatic rings. The number of nitrogens with zero attached hydrogens (tertiary/aromatic N) is 2. The van der Waals surface area contributed by atoms with Crippen LogP contribution in [0.5, 0.6) is 0 Å². The monoisotopic (exact) mass is 190 g/mol. The van der Waals surface area contributed by atoms with Crippen molar-refractivity contribution in [1.82, 2.24) is 0 Å². The first-order chi connectivity index (χ1) is 6.92. The van der Waals surface area contributed by atoms with Crippen LogP contribution in [0.15, 0.2) is 34.5 Å². The summed E-state index contributed by atoms with van der Waals surface area (Å²) in [7, 11) is 0. The smallest absolute Gasteiger partial charge is 0.0983 e. The number of azo groups is 1. The van der Waals surface area contributed by atoms with E-state index >= 15 is 0 Å². The number of hydrogen-bond acceptors (Lipinski definition) is 3. The lowest BCUT2D eigenvalue weighted by Crippen LogP contribution is -1.92. The molecule has 0 aliphatic carbocycles. The van der Waals surface area contributed by atoms with E-state index in [9.17, 15) is 0 Å². The summed E-state index contributed by atoms with van der Waals surface area (Å²) >= 11 is 0. The van der Waals surface area contributed by atoms with Gasteiger partial charge in [0.25, 0.3) is 0 Å². The van der Waals surface area contributed by atoms with Crippen molar-refractivity contribution >= 4 is 5.69 Å². The number of fused-ring (bicyclic) bond motifs is 1. The number of unbranched alkanes of at least 4 members (excludes halogenated alkanes) is 1. The highest BCUT2D eigenvalue weighted by atomic mass is 16.2. The molecule has 1 aliphatic heterocycles. The molecule has 0 bridgehead atoms. The van der Waals surface area contributed by atoms with Crippen LogP contribution in [0.4, 0.5) is 5.69 Å². The quantitative estimate of drug-likeness (QED) is 0.729. The van der Waals surface area contributed by atoms with Gasteiger partial charge < -0.3 is 5.11 Å². The van der Waals surface area contributed by atoms with Gasteiger partial charge in [0.15, 0.2) is 0 Å². The van der Waals surface area contributed by atoms with Crippen LogP contribution in [0.3, 0.4) is 0 Å². The van der Waals surface area contributed by atoms with Crippen LogP contribution in [-0.2, 0) is 0 Å². The maximum absolute atomic E-state index is 8.68. The first-order valence-electron chi connectivity index (χ1n) is 5.02. The van der Waals surface area contributed by atoms with E-state index in [2.05, 4.69) is 16.3 Å². The Morgan fingerprint density at radius 2 is 2.07 bits per heavy atom. The second-order valence-electron chi connectivity index (χ2n) is 3.51. The van der Waals surface area contributed by atoms with Crippen molar-refractivity contribution in [3.05, 3.63) is 29.8 Å². The average Bonchev–Trinajstić information content (AvgIpc) is 2.63. The van der Waals surface area contributed by atoms with Crippen LogP contribution in [0, 0.1) is 0 Å². The highest BCUT2D eigenvalue weighted by molar-refractivity contribution is 5.49. The van der Waals surface area contributed by atoms with Gasteiger partial charge in [-0.3, -0.25) is 0 Å². The SMILES string of the molecule is OCCCCC1N=Nc2ccccc21. The first-order valence-corrected chi connectivity index (χ1v) is 5.02. The van der Waals surface area contributed by atoms with Gasteiger partial charge in [-0.05, 0) is 25.3 Å². The minimum Gasteiger partial charge on any atom is -0.396 e. The van der Waals surface area contributed by atoms with Crippen molar-refractivity contribution in [2.24, 2.45) is 10.2 Å². The zero-order chi connectivity index (χ0) is 9.80. The van der Waals surface area contributed by atoms with Crippen molar-refractivity contribution in [2.45, 2.75) is 25.3 Å². The summed E-state index contributed by atoms with van der Waals surface area (Å²) in [6.07, 6.45) is 2.85. The van der Waals surface area contributed by atoms with Gasteiger partial charge >= 0.3 is 0 Å². The summed E-state index contributed by atoms with van der Waals surface area (Å²) in [4.78, 5) is 0. The molecule has 14 heavy (non-hydrogen) atoms. The molecule has 2 rings (SSSR count). The summed E-state index contributed by atoms with van der Waals surface area (Å²) in [5.41, 5.74) is 2.23. The maximum atomic E-state index is 8.68. The van der Waals surface area contributed by atoms with E-state index in [4.69, 9.17) is 5.11 Å². The molecule has 0 spiro atoms. The van der Waals surface area contributed by atoms with Crippen LogP contribution in [-0.4, -0.2) is 11.7 Å². The van der Waals surface area contributed by atoms with Crippen LogP contribution in [0.25, 0.3) is 0 Å². The third-order valence-corrected chi connectivity index (χ3v) is 2.49. The van der Waals surface area contributed by atoms with Crippen molar-refractivity contribution in [2.75, 3.05) is 6.61 Å². The van der Waals surface area contributed by atoms with Crippen LogP contribution < -0.4 is 0 Å². The van der Waals surface area contributed by atoms with Gasteiger partial charge in [-0.15, -0.1) is 0 Å². The first kappa shape index (κ1) is 9.34. The molecule has 1 atom stereocenters. The Bertz CT molecular complexity index is 336. The number of aliphatic hydroxyl groups excluding tert-OH is 1. The highest BCUT2D eigenvalue weighted by Crippen LogP contribution is 2.37. The molecule has 0 radical (unpaired) electrons. The van der Waals surface area contributed by atoms with Gasteiger partial charge in [-0.2, -0.15) is 10.2 Å². The molecular weight excluding hydrogens is 176 g/mol. The zero-order valence-electron chi connectivity index (χ0n) is 8.06. The fourth-order valence-electron chi connectivity index (χ4n) is 1.72. The minimum absolute atomic E-state index is 0.220. The zero-order valence-corrected chi connectivity index (χ0v) is 8.06. The molecule has 1 N–H and O–H groups in total. The molecule has 0 amide bonds. The molecule has 1 aromatic carbocycles. The van der Waals surface area contributed by atoms with E-state index in [1.165, 1.54) is 5.56 Å². The Morgan fingerprint density at radius 1 is 1.21 bits per heavy atom. The van der Waals surface area contributed by atoms with Gasteiger partial charge in [0.1, 0.15) is 0 Å². The second kappa shape index (κ2) is 4.33. The third-order valence-electron chi connectivity index (χ3n) is 2.49. The van der Waals surface area contributed by atoms with Crippen molar-refractivity contribution in [3.8, 4) is 0 Å². The minimum atomic E-state index is 0.220. The fraction of sp³-hybridized carbons (Fsp3) is 0.455. The molecule has 74 valence electrons. The molecule has 3 heteroatoms. The molecule has 1 aliphatic rings. The van der Waals surface area contributed by atoms with Crippen LogP contribution in [0.1, 0.15) is 30.9 Å². The Hall–Kier alpha value is -1.22. The molecular formula is C11H14N2O. The number of hydrogen-bond donors (Lipinski definition) is 1. The van der Waals surface area contributed by atoms with Gasteiger partial charge in [0.2, 0.25) is 0 Å². The molecule has 0 saturated carbocycles. The topological polar surface area (TPSA) is 45.0 Å². The number of aliphatic hydroxyl groups is 1. The Labute approximate surface area is 83.5 Å². The molecule has 3 nitrogen and oxygen atoms in total. The Balaban J connectivity index is 2.00. The summed E-state index contributed by atoms with van der Waals surface area (Å²) in [6.45, 7) is 0.269. The van der Waals surface area contributed by atoms with E-state index in [0.717, 1.165) is 24.9 Å². The van der Waals surface area contributed by atoms with E-state index in [-0.39, 0.29) is 12.6 Å². The van der Waals surface area contributed by atoms with E-state index in [1.807, 2.05) is 18.2 Å². The summed E-state index contributed by atoms with van der Waals surface area (Å²) in [6, 6.07) is 8.30. The lowest BCUT2D eigenvalue weighted by Gasteiger charge is -2.06. The van der Waals surface area contributed by atoms with Crippen molar-refractivity contribution in [1.29, 1.82) is 0 Å². The van der Waals surface area contributed by atoms with E-state index in [1.54, 1.807) is 0 Å². The van der Waals surface area contributed by atoms with Gasteiger partial charge in [0.05, 0.1) is 11.7 Å². The van der Waals surface area contributed by atoms with Gasteiger partial charge in [0, 0.05) is 12.2 Å². The van der Waals surface area contributed by atoms with Crippen molar-refractivity contribution in [3.63, 3.8) is 0 Å². The summed E-state index contributed by atoms with van der Waals surface area (Å²) < 4.78 is 0. The van der Waals surface area contributed by atoms with Gasteiger partial charge in [-0.25, -0.2) is 0 Å². The van der Waals surface area contributed by atoms with E-state index in [0.29, 0.717) is 0 Å². The molecule has 0 fully saturated rings. The molecule has 0 saturated heterocycles. The van der Waals surface area contributed by atoms with Crippen molar-refractivity contribution < 1.29 is 5.11 Å². The number of benzene rings is 1. The Kier molecular flexibility index (Phi) is 2.89. The fourth-order valence-corrected chi connectivity index (χ4v) is 1.72. The molecule has 1 unspecified atom stereocenters. The van der Waals surface area contributed by atoms with Crippen LogP contribution >= 0.6 is 0 Å². The molecule has 1 heterocycles. The van der Waals surface area contributed by atoms with E-state index < -0.39 is 0 Å². The lowest BCUT2D eigenvalue weighted by atomic mass is 10.0. The van der Waals surface area contributed by atoms with Crippen LogP contribution in [0.2, 0.25) is 0 Å². The average molecular weight is 190 g/mol. The second-order valence-corrected chi connectivity index (χ2v) is 3.51. The number of rotatable bonds is 4.